The lowest BCUT2D eigenvalue weighted by atomic mass is 10.0. The van der Waals surface area contributed by atoms with E-state index in [-0.39, 0.29) is 0 Å². The van der Waals surface area contributed by atoms with Crippen LogP contribution < -0.4 is 0 Å². The third-order valence-electron chi connectivity index (χ3n) is 3.56. The van der Waals surface area contributed by atoms with Gasteiger partial charge in [0.2, 0.25) is 0 Å². The van der Waals surface area contributed by atoms with E-state index in [2.05, 4.69) is 39.7 Å². The van der Waals surface area contributed by atoms with Gasteiger partial charge < -0.3 is 4.90 Å². The molecule has 106 valence electrons. The first-order valence-electron chi connectivity index (χ1n) is 7.01. The van der Waals surface area contributed by atoms with Gasteiger partial charge in [-0.05, 0) is 23.8 Å². The molecule has 2 aromatic rings. The summed E-state index contributed by atoms with van der Waals surface area (Å²) in [4.78, 5) is 6.64. The Kier molecular flexibility index (Phi) is 3.37. The number of hydrogen-bond acceptors (Lipinski definition) is 4. The Bertz CT molecular complexity index is 802. The van der Waals surface area contributed by atoms with Crippen molar-refractivity contribution < 1.29 is 0 Å². The van der Waals surface area contributed by atoms with Crippen molar-refractivity contribution in [3.05, 3.63) is 84.3 Å². The maximum absolute atomic E-state index is 4.63. The van der Waals surface area contributed by atoms with E-state index < -0.39 is 0 Å². The van der Waals surface area contributed by atoms with E-state index in [1.165, 1.54) is 17.5 Å². The lowest BCUT2D eigenvalue weighted by Crippen LogP contribution is -2.24. The normalized spacial score (nSPS) is 16.1. The van der Waals surface area contributed by atoms with Crippen LogP contribution in [0.4, 0.5) is 0 Å². The van der Waals surface area contributed by atoms with Gasteiger partial charge in [-0.3, -0.25) is 4.98 Å². The highest BCUT2D eigenvalue weighted by molar-refractivity contribution is 8.01. The van der Waals surface area contributed by atoms with Crippen molar-refractivity contribution in [2.24, 2.45) is 4.40 Å². The van der Waals surface area contributed by atoms with Crippen LogP contribution in [0.3, 0.4) is 0 Å². The zero-order valence-corrected chi connectivity index (χ0v) is 12.6. The van der Waals surface area contributed by atoms with Crippen molar-refractivity contribution in [1.29, 1.82) is 0 Å². The molecule has 0 unspecified atom stereocenters. The van der Waals surface area contributed by atoms with Gasteiger partial charge in [-0.15, -0.1) is 0 Å². The van der Waals surface area contributed by atoms with Crippen molar-refractivity contribution in [2.75, 3.05) is 0 Å². The van der Waals surface area contributed by atoms with E-state index in [4.69, 9.17) is 0 Å². The van der Waals surface area contributed by atoms with Crippen molar-refractivity contribution in [3.63, 3.8) is 0 Å². The average molecular weight is 303 g/mol. The molecule has 0 fully saturated rings. The van der Waals surface area contributed by atoms with E-state index in [1.54, 1.807) is 0 Å². The molecule has 3 heterocycles. The second-order valence-corrected chi connectivity index (χ2v) is 5.60. The molecule has 0 aliphatic carbocycles. The summed E-state index contributed by atoms with van der Waals surface area (Å²) >= 11 is 1.44. The standard InChI is InChI=1S/C18H13N3S/c1-2-5-14(6-3-1)15-8-9-17(19-13-15)16-7-4-10-21-11-12-22-20-18(16)21/h1-13H. The zero-order chi connectivity index (χ0) is 14.8. The molecule has 3 nitrogen and oxygen atoms in total. The summed E-state index contributed by atoms with van der Waals surface area (Å²) in [6.07, 6.45) is 9.99. The van der Waals surface area contributed by atoms with Gasteiger partial charge in [0.1, 0.15) is 0 Å². The van der Waals surface area contributed by atoms with Crippen molar-refractivity contribution in [3.8, 4) is 11.1 Å². The smallest absolute Gasteiger partial charge is 0.154 e. The third-order valence-corrected chi connectivity index (χ3v) is 4.08. The van der Waals surface area contributed by atoms with Gasteiger partial charge in [-0.2, -0.15) is 4.40 Å². The molecule has 2 aliphatic rings. The van der Waals surface area contributed by atoms with E-state index in [0.29, 0.717) is 0 Å². The van der Waals surface area contributed by atoms with Crippen molar-refractivity contribution in [1.82, 2.24) is 9.88 Å². The SMILES string of the molecule is C1=CN2C=CSN=C2C(c2ccc(-c3ccccc3)cn2)=C1. The van der Waals surface area contributed by atoms with E-state index in [0.717, 1.165) is 22.7 Å². The van der Waals surface area contributed by atoms with Crippen LogP contribution >= 0.6 is 11.9 Å². The van der Waals surface area contributed by atoms with Crippen LogP contribution in [0.1, 0.15) is 5.69 Å². The first kappa shape index (κ1) is 13.1. The number of hydrogen-bond donors (Lipinski definition) is 0. The Morgan fingerprint density at radius 2 is 1.82 bits per heavy atom. The number of amidine groups is 1. The zero-order valence-electron chi connectivity index (χ0n) is 11.8. The number of benzene rings is 1. The van der Waals surface area contributed by atoms with Crippen LogP contribution in [0, 0.1) is 0 Å². The Morgan fingerprint density at radius 3 is 2.64 bits per heavy atom. The first-order valence-corrected chi connectivity index (χ1v) is 7.85. The van der Waals surface area contributed by atoms with Crippen LogP contribution in [0.15, 0.2) is 83.0 Å². The Balaban J connectivity index is 1.68. The molecule has 0 bridgehead atoms. The lowest BCUT2D eigenvalue weighted by Gasteiger charge is -2.24. The highest BCUT2D eigenvalue weighted by Gasteiger charge is 2.19. The summed E-state index contributed by atoms with van der Waals surface area (Å²) in [5.41, 5.74) is 4.27. The number of nitrogens with zero attached hydrogens (tertiary/aromatic N) is 3. The fourth-order valence-electron chi connectivity index (χ4n) is 2.46. The summed E-state index contributed by atoms with van der Waals surface area (Å²) in [6.45, 7) is 0. The quantitative estimate of drug-likeness (QED) is 0.765. The van der Waals surface area contributed by atoms with Gasteiger partial charge in [-0.25, -0.2) is 0 Å². The predicted octanol–water partition coefficient (Wildman–Crippen LogP) is 4.49. The van der Waals surface area contributed by atoms with Gasteiger partial charge >= 0.3 is 0 Å². The molecule has 22 heavy (non-hydrogen) atoms. The molecular weight excluding hydrogens is 290 g/mol. The Morgan fingerprint density at radius 1 is 0.909 bits per heavy atom. The summed E-state index contributed by atoms with van der Waals surface area (Å²) < 4.78 is 4.50. The molecular formula is C18H13N3S. The summed E-state index contributed by atoms with van der Waals surface area (Å²) in [5, 5.41) is 1.96. The van der Waals surface area contributed by atoms with Gasteiger partial charge in [0.25, 0.3) is 0 Å². The second-order valence-electron chi connectivity index (χ2n) is 4.93. The van der Waals surface area contributed by atoms with Gasteiger partial charge in [0.15, 0.2) is 5.84 Å². The summed E-state index contributed by atoms with van der Waals surface area (Å²) in [6, 6.07) is 14.4. The predicted molar refractivity (Wildman–Crippen MR) is 92.8 cm³/mol. The van der Waals surface area contributed by atoms with E-state index >= 15 is 0 Å². The molecule has 1 aromatic heterocycles. The molecule has 0 saturated heterocycles. The molecule has 4 rings (SSSR count). The topological polar surface area (TPSA) is 28.5 Å². The van der Waals surface area contributed by atoms with Crippen LogP contribution in [0.2, 0.25) is 0 Å². The molecule has 0 amide bonds. The Labute approximate surface area is 133 Å². The van der Waals surface area contributed by atoms with Crippen molar-refractivity contribution >= 4 is 23.4 Å². The van der Waals surface area contributed by atoms with Gasteiger partial charge in [0, 0.05) is 47.1 Å². The van der Waals surface area contributed by atoms with E-state index in [1.807, 2.05) is 53.2 Å². The fraction of sp³-hybridized carbons (Fsp3) is 0. The van der Waals surface area contributed by atoms with Crippen LogP contribution in [-0.4, -0.2) is 15.7 Å². The number of rotatable bonds is 2. The molecule has 0 spiro atoms. The summed E-state index contributed by atoms with van der Waals surface area (Å²) in [7, 11) is 0. The molecule has 0 radical (unpaired) electrons. The number of aromatic nitrogens is 1. The minimum absolute atomic E-state index is 0.926. The molecule has 0 atom stereocenters. The fourth-order valence-corrected chi connectivity index (χ4v) is 3.00. The van der Waals surface area contributed by atoms with Crippen LogP contribution in [0.5, 0.6) is 0 Å². The lowest BCUT2D eigenvalue weighted by molar-refractivity contribution is 0.763. The summed E-state index contributed by atoms with van der Waals surface area (Å²) in [5.74, 6) is 0.926. The minimum atomic E-state index is 0.926. The highest BCUT2D eigenvalue weighted by Crippen LogP contribution is 2.27. The Hall–Kier alpha value is -2.59. The molecule has 2 aliphatic heterocycles. The number of pyridine rings is 1. The molecule has 1 aromatic carbocycles. The minimum Gasteiger partial charge on any atom is -0.307 e. The average Bonchev–Trinajstić information content (AvgIpc) is 2.62. The highest BCUT2D eigenvalue weighted by atomic mass is 32.2. The molecule has 0 saturated carbocycles. The van der Waals surface area contributed by atoms with Gasteiger partial charge in [-0.1, -0.05) is 36.4 Å². The second kappa shape index (κ2) is 5.66. The first-order chi connectivity index (χ1) is 10.9. The number of allylic oxidation sites excluding steroid dienone is 2. The number of fused-ring (bicyclic) bond motifs is 1. The molecule has 0 N–H and O–H groups in total. The maximum atomic E-state index is 4.63. The largest absolute Gasteiger partial charge is 0.307 e. The van der Waals surface area contributed by atoms with E-state index in [9.17, 15) is 0 Å². The van der Waals surface area contributed by atoms with Gasteiger partial charge in [0.05, 0.1) is 5.69 Å². The maximum Gasteiger partial charge on any atom is 0.154 e. The monoisotopic (exact) mass is 303 g/mol. The third kappa shape index (κ3) is 2.38. The van der Waals surface area contributed by atoms with Crippen molar-refractivity contribution in [2.45, 2.75) is 0 Å². The van der Waals surface area contributed by atoms with Crippen LogP contribution in [0.25, 0.3) is 16.7 Å². The molecule has 4 heteroatoms. The van der Waals surface area contributed by atoms with Crippen LogP contribution in [-0.2, 0) is 0 Å².